The van der Waals surface area contributed by atoms with Gasteiger partial charge in [-0.25, -0.2) is 9.18 Å². The number of allylic oxidation sites excluding steroid dienone is 4. The van der Waals surface area contributed by atoms with Crippen LogP contribution in [0.5, 0.6) is 0 Å². The molecule has 2 saturated heterocycles. The molecule has 4 aliphatic carbocycles. The summed E-state index contributed by atoms with van der Waals surface area (Å²) in [5.41, 5.74) is -2.07. The fraction of sp³-hybridized carbons (Fsp3) is 0.650. The van der Waals surface area contributed by atoms with Crippen molar-refractivity contribution in [1.29, 1.82) is 0 Å². The molecule has 3 unspecified atom stereocenters. The number of benzene rings is 1. The molecule has 15 nitrogen and oxygen atoms in total. The monoisotopic (exact) mass is 783 g/mol. The lowest BCUT2D eigenvalue weighted by Crippen LogP contribution is -2.64. The third-order valence-corrected chi connectivity index (χ3v) is 13.2. The van der Waals surface area contributed by atoms with Crippen LogP contribution in [0.15, 0.2) is 48.1 Å². The van der Waals surface area contributed by atoms with Gasteiger partial charge in [-0.2, -0.15) is 0 Å². The number of piperazine rings is 1. The number of halogens is 1. The van der Waals surface area contributed by atoms with Crippen LogP contribution in [0.1, 0.15) is 62.9 Å². The fourth-order valence-electron chi connectivity index (χ4n) is 10.8. The summed E-state index contributed by atoms with van der Waals surface area (Å²) in [5.74, 6) is -3.84. The molecule has 2 heterocycles. The lowest BCUT2D eigenvalue weighted by Gasteiger charge is -2.60. The van der Waals surface area contributed by atoms with Gasteiger partial charge in [0.15, 0.2) is 23.8 Å². The molecule has 0 spiro atoms. The Morgan fingerprint density at radius 3 is 2.43 bits per heavy atom. The maximum Gasteiger partial charge on any atom is 0.338 e. The van der Waals surface area contributed by atoms with E-state index in [9.17, 15) is 34.4 Å². The number of Topliss-reactive ketones (excluding diaryl/α,β-unsaturated/α-hetero) is 1. The van der Waals surface area contributed by atoms with Crippen molar-refractivity contribution in [3.63, 3.8) is 0 Å². The molecule has 0 bridgehead atoms. The summed E-state index contributed by atoms with van der Waals surface area (Å²) in [7, 11) is 0. The number of rotatable bonds is 12. The van der Waals surface area contributed by atoms with Crippen molar-refractivity contribution in [3.8, 4) is 0 Å². The van der Waals surface area contributed by atoms with E-state index < -0.39 is 70.0 Å². The fourth-order valence-corrected chi connectivity index (χ4v) is 10.8. The predicted molar refractivity (Wildman–Crippen MR) is 194 cm³/mol. The summed E-state index contributed by atoms with van der Waals surface area (Å²) >= 11 is 0. The zero-order valence-corrected chi connectivity index (χ0v) is 32.1. The molecule has 56 heavy (non-hydrogen) atoms. The topological polar surface area (TPSA) is 184 Å². The molecule has 16 heteroatoms. The molecule has 304 valence electrons. The highest BCUT2D eigenvalue weighted by molar-refractivity contribution is 6.01. The van der Waals surface area contributed by atoms with E-state index in [-0.39, 0.29) is 56.1 Å². The van der Waals surface area contributed by atoms with E-state index in [0.717, 1.165) is 0 Å². The van der Waals surface area contributed by atoms with Crippen LogP contribution < -0.4 is 0 Å². The Kier molecular flexibility index (Phi) is 10.8. The summed E-state index contributed by atoms with van der Waals surface area (Å²) in [5, 5.41) is 21.4. The number of ether oxygens (including phenoxy) is 4. The average Bonchev–Trinajstić information content (AvgIpc) is 3.56. The number of esters is 2. The number of ketones is 2. The summed E-state index contributed by atoms with van der Waals surface area (Å²) in [6.07, 6.45) is 2.28. The van der Waals surface area contributed by atoms with Gasteiger partial charge in [0.05, 0.1) is 24.3 Å². The number of alkyl halides is 1. The molecule has 0 radical (unpaired) electrons. The molecule has 1 N–H and O–H groups in total. The highest BCUT2D eigenvalue weighted by atomic mass is 19.1. The smallest absolute Gasteiger partial charge is 0.338 e. The van der Waals surface area contributed by atoms with E-state index in [4.69, 9.17) is 18.9 Å². The Morgan fingerprint density at radius 1 is 1.04 bits per heavy atom. The number of carbonyl (C=O) groups excluding carboxylic acids is 4. The molecule has 5 fully saturated rings. The molecule has 2 aliphatic heterocycles. The normalized spacial score (nSPS) is 36.0. The van der Waals surface area contributed by atoms with E-state index in [1.54, 1.807) is 32.1 Å². The molecule has 1 aromatic rings. The second kappa shape index (κ2) is 15.0. The van der Waals surface area contributed by atoms with Crippen molar-refractivity contribution in [1.82, 2.24) is 9.80 Å². The van der Waals surface area contributed by atoms with Gasteiger partial charge in [0, 0.05) is 49.5 Å². The molecule has 1 aromatic carbocycles. The second-order valence-corrected chi connectivity index (χ2v) is 16.9. The second-order valence-electron chi connectivity index (χ2n) is 16.9. The van der Waals surface area contributed by atoms with E-state index in [2.05, 4.69) is 9.74 Å². The van der Waals surface area contributed by atoms with Gasteiger partial charge in [0.25, 0.3) is 5.09 Å². The van der Waals surface area contributed by atoms with Gasteiger partial charge in [-0.15, -0.1) is 10.1 Å². The number of carbonyl (C=O) groups is 4. The third kappa shape index (κ3) is 7.18. The number of fused-ring (bicyclic) bond motifs is 7. The molecular formula is C40H50FN3O12. The van der Waals surface area contributed by atoms with Crippen molar-refractivity contribution in [2.45, 2.75) is 83.3 Å². The quantitative estimate of drug-likeness (QED) is 0.185. The standard InChI is InChI=1S/C40H50FN3O12/c1-37(2)55-33-19-28-27-18-30(41)29-17-26(45)9-10-38(29,3)35(27)31(46)20-39(28,4)40(33,56-37)32(47)23-53-34(48)21-43-13-11-42(12-14-43)15-16-52-36(49)25-7-5-24(6-8-25)22-54-44(50)51/h5-10,17,27-28,30-31,33,35,46H,11-16,18-23H2,1-4H3/t27?,28?,30-,31-,33+,35?,38-,39-,40+/m0/s1. The Hall–Kier alpha value is -4.09. The van der Waals surface area contributed by atoms with Crippen molar-refractivity contribution < 1.29 is 57.5 Å². The van der Waals surface area contributed by atoms with Crippen molar-refractivity contribution in [3.05, 3.63) is 69.3 Å². The van der Waals surface area contributed by atoms with Gasteiger partial charge in [-0.1, -0.05) is 32.1 Å². The highest BCUT2D eigenvalue weighted by Crippen LogP contribution is 2.70. The molecular weight excluding hydrogens is 733 g/mol. The van der Waals surface area contributed by atoms with E-state index in [0.29, 0.717) is 55.8 Å². The van der Waals surface area contributed by atoms with E-state index >= 15 is 4.39 Å². The minimum absolute atomic E-state index is 0.0250. The summed E-state index contributed by atoms with van der Waals surface area (Å²) in [6, 6.07) is 6.15. The third-order valence-electron chi connectivity index (χ3n) is 13.2. The average molecular weight is 784 g/mol. The van der Waals surface area contributed by atoms with Crippen LogP contribution >= 0.6 is 0 Å². The lowest BCUT2D eigenvalue weighted by molar-refractivity contribution is -0.763. The molecule has 3 saturated carbocycles. The maximum atomic E-state index is 15.9. The number of aliphatic hydroxyl groups is 1. The maximum absolute atomic E-state index is 15.9. The Balaban J connectivity index is 0.916. The van der Waals surface area contributed by atoms with Crippen LogP contribution in [-0.4, -0.2) is 126 Å². The summed E-state index contributed by atoms with van der Waals surface area (Å²) in [4.78, 5) is 70.9. The van der Waals surface area contributed by atoms with Crippen LogP contribution in [0.3, 0.4) is 0 Å². The number of hydrogen-bond acceptors (Lipinski definition) is 14. The Bertz CT molecular complexity index is 1810. The molecule has 0 aromatic heterocycles. The van der Waals surface area contributed by atoms with Crippen molar-refractivity contribution in [2.24, 2.45) is 28.6 Å². The number of nitrogens with zero attached hydrogens (tertiary/aromatic N) is 3. The zero-order valence-electron chi connectivity index (χ0n) is 32.1. The molecule has 0 amide bonds. The first-order valence-corrected chi connectivity index (χ1v) is 19.3. The molecule has 6 aliphatic rings. The zero-order chi connectivity index (χ0) is 40.2. The number of aliphatic hydroxyl groups excluding tert-OH is 1. The van der Waals surface area contributed by atoms with Crippen LogP contribution in [0.25, 0.3) is 0 Å². The van der Waals surface area contributed by atoms with Gasteiger partial charge >= 0.3 is 11.9 Å². The minimum Gasteiger partial charge on any atom is -0.461 e. The van der Waals surface area contributed by atoms with Gasteiger partial charge in [-0.3, -0.25) is 24.2 Å². The van der Waals surface area contributed by atoms with Crippen molar-refractivity contribution >= 4 is 23.5 Å². The lowest BCUT2D eigenvalue weighted by atomic mass is 9.46. The summed E-state index contributed by atoms with van der Waals surface area (Å²) in [6.45, 7) is 9.47. The van der Waals surface area contributed by atoms with Crippen LogP contribution in [-0.2, 0) is 44.8 Å². The van der Waals surface area contributed by atoms with Crippen LogP contribution in [0.2, 0.25) is 0 Å². The van der Waals surface area contributed by atoms with Gasteiger partial charge in [0.2, 0.25) is 5.78 Å². The Morgan fingerprint density at radius 2 is 1.73 bits per heavy atom. The minimum atomic E-state index is -1.53. The Labute approximate surface area is 324 Å². The number of hydrogen-bond donors (Lipinski definition) is 1. The van der Waals surface area contributed by atoms with Crippen LogP contribution in [0.4, 0.5) is 4.39 Å². The van der Waals surface area contributed by atoms with Crippen molar-refractivity contribution in [2.75, 3.05) is 52.5 Å². The van der Waals surface area contributed by atoms with Gasteiger partial charge < -0.3 is 28.9 Å². The van der Waals surface area contributed by atoms with Crippen LogP contribution in [0, 0.1) is 38.7 Å². The SMILES string of the molecule is CC1(C)O[C@@H]2CC3C4C[C@H](F)C5=CC(=O)C=C[C@]5(C)C4[C@@H](O)C[C@]3(C)[C@]2(C(=O)COC(=O)CN2CCN(CCOC(=O)c3ccc(CO[N+](=O)[O-])cc3)CC2)O1. The predicted octanol–water partition coefficient (Wildman–Crippen LogP) is 3.01. The molecule has 9 atom stereocenters. The first-order chi connectivity index (χ1) is 26.5. The van der Waals surface area contributed by atoms with E-state index in [1.165, 1.54) is 24.3 Å². The largest absolute Gasteiger partial charge is 0.461 e. The van der Waals surface area contributed by atoms with Gasteiger partial charge in [0.1, 0.15) is 19.4 Å². The first kappa shape index (κ1) is 40.1. The summed E-state index contributed by atoms with van der Waals surface area (Å²) < 4.78 is 39.9. The van der Waals surface area contributed by atoms with Gasteiger partial charge in [-0.05, 0) is 80.4 Å². The first-order valence-electron chi connectivity index (χ1n) is 19.3. The molecule has 7 rings (SSSR count). The highest BCUT2D eigenvalue weighted by Gasteiger charge is 2.77. The van der Waals surface area contributed by atoms with E-state index in [1.807, 2.05) is 18.7 Å².